The van der Waals surface area contributed by atoms with Crippen molar-refractivity contribution in [2.75, 3.05) is 11.5 Å². The Balaban J connectivity index is 1.75. The second kappa shape index (κ2) is 7.40. The van der Waals surface area contributed by atoms with Crippen LogP contribution in [0.5, 0.6) is 0 Å². The zero-order valence-electron chi connectivity index (χ0n) is 13.8. The van der Waals surface area contributed by atoms with Crippen LogP contribution in [0.3, 0.4) is 0 Å². The van der Waals surface area contributed by atoms with Gasteiger partial charge < -0.3 is 0 Å². The number of aliphatic hydroxyl groups is 2. The Kier molecular flexibility index (Phi) is 5.42. The van der Waals surface area contributed by atoms with Crippen molar-refractivity contribution < 1.29 is 14.9 Å². The Hall–Kier alpha value is -1.49. The number of anilines is 2. The van der Waals surface area contributed by atoms with Crippen LogP contribution < -0.4 is 17.2 Å². The molecule has 0 aliphatic carbocycles. The van der Waals surface area contributed by atoms with E-state index in [1.165, 1.54) is 10.9 Å². The van der Waals surface area contributed by atoms with Gasteiger partial charge in [0.25, 0.3) is 0 Å². The number of ether oxygens (including phenoxy) is 1. The average molecular weight is 416 g/mol. The summed E-state index contributed by atoms with van der Waals surface area (Å²) in [5.74, 6) is 0.167. The molecule has 5 atom stereocenters. The van der Waals surface area contributed by atoms with Gasteiger partial charge in [-0.05, 0) is 0 Å². The monoisotopic (exact) mass is 417 g/mol. The van der Waals surface area contributed by atoms with E-state index < -0.39 is 24.5 Å². The van der Waals surface area contributed by atoms with Crippen molar-refractivity contribution in [1.82, 2.24) is 19.5 Å². The first kappa shape index (κ1) is 18.3. The van der Waals surface area contributed by atoms with Gasteiger partial charge in [0.15, 0.2) is 0 Å². The van der Waals surface area contributed by atoms with Crippen LogP contribution >= 0.6 is 0 Å². The summed E-state index contributed by atoms with van der Waals surface area (Å²) in [7, 11) is 0. The molecule has 0 radical (unpaired) electrons. The standard InChI is InChI=1S/C14H23N7O3Se/c1-6(15)2-3-25-4-7-9(22)10(23)13(24-7)21-5-18-8-11(16)19-14(17)20-12(8)21/h5-7,9-10,13,22-23H,2-4,15H2,1H3,(H4,16,17,19,20)/t6-,7-,9-,10-,13-/m1/s1. The van der Waals surface area contributed by atoms with Crippen molar-refractivity contribution in [3.8, 4) is 0 Å². The maximum absolute atomic E-state index is 10.4. The number of imidazole rings is 1. The number of rotatable bonds is 6. The van der Waals surface area contributed by atoms with Gasteiger partial charge in [-0.3, -0.25) is 0 Å². The molecule has 2 aromatic rings. The van der Waals surface area contributed by atoms with Crippen molar-refractivity contribution in [3.05, 3.63) is 6.33 Å². The Bertz CT molecular complexity index is 741. The van der Waals surface area contributed by atoms with E-state index >= 15 is 0 Å². The number of nitrogen functional groups attached to an aromatic ring is 2. The molecule has 25 heavy (non-hydrogen) atoms. The minimum absolute atomic E-state index is 0.00979. The molecule has 1 fully saturated rings. The Morgan fingerprint density at radius 1 is 1.32 bits per heavy atom. The quantitative estimate of drug-likeness (QED) is 0.289. The number of nitrogens with zero attached hydrogens (tertiary/aromatic N) is 4. The predicted molar refractivity (Wildman–Crippen MR) is 93.7 cm³/mol. The molecule has 0 aromatic carbocycles. The molecule has 0 unspecified atom stereocenters. The third kappa shape index (κ3) is 3.71. The molecule has 3 heterocycles. The number of fused-ring (bicyclic) bond motifs is 1. The summed E-state index contributed by atoms with van der Waals surface area (Å²) < 4.78 is 7.42. The molecule has 1 saturated heterocycles. The molecule has 0 spiro atoms. The minimum atomic E-state index is -1.09. The Labute approximate surface area is 150 Å². The number of nitrogens with two attached hydrogens (primary N) is 3. The first-order chi connectivity index (χ1) is 11.9. The van der Waals surface area contributed by atoms with Gasteiger partial charge in [0.1, 0.15) is 0 Å². The fraction of sp³-hybridized carbons (Fsp3) is 0.643. The van der Waals surface area contributed by atoms with Gasteiger partial charge in [-0.25, -0.2) is 0 Å². The zero-order chi connectivity index (χ0) is 18.1. The molecule has 10 nitrogen and oxygen atoms in total. The van der Waals surface area contributed by atoms with E-state index in [2.05, 4.69) is 15.0 Å². The van der Waals surface area contributed by atoms with Crippen molar-refractivity contribution in [3.63, 3.8) is 0 Å². The van der Waals surface area contributed by atoms with Gasteiger partial charge in [0.05, 0.1) is 0 Å². The SMILES string of the molecule is C[C@@H](N)CC[Se]C[C@H]1O[C@@H](n2cnc3c(N)nc(N)nc32)[C@H](O)[C@@H]1O. The normalized spacial score (nSPS) is 27.8. The summed E-state index contributed by atoms with van der Waals surface area (Å²) in [6, 6.07) is 0.169. The summed E-state index contributed by atoms with van der Waals surface area (Å²) in [5, 5.41) is 22.4. The van der Waals surface area contributed by atoms with Crippen LogP contribution in [0, 0.1) is 0 Å². The molecule has 1 aliphatic rings. The van der Waals surface area contributed by atoms with E-state index in [0.29, 0.717) is 16.5 Å². The number of hydrogen-bond donors (Lipinski definition) is 5. The molecule has 11 heteroatoms. The Morgan fingerprint density at radius 2 is 2.08 bits per heavy atom. The first-order valence-electron chi connectivity index (χ1n) is 7.99. The molecule has 1 aliphatic heterocycles. The second-order valence-electron chi connectivity index (χ2n) is 6.18. The van der Waals surface area contributed by atoms with Crippen LogP contribution in [0.15, 0.2) is 6.33 Å². The van der Waals surface area contributed by atoms with E-state index in [0.717, 1.165) is 11.7 Å². The number of aromatic nitrogens is 4. The van der Waals surface area contributed by atoms with Crippen LogP contribution in [-0.2, 0) is 4.74 Å². The van der Waals surface area contributed by atoms with Gasteiger partial charge in [-0.1, -0.05) is 0 Å². The molecule has 0 amide bonds. The second-order valence-corrected chi connectivity index (χ2v) is 8.59. The van der Waals surface area contributed by atoms with E-state index in [9.17, 15) is 10.2 Å². The number of aliphatic hydroxyl groups excluding tert-OH is 2. The molecule has 138 valence electrons. The van der Waals surface area contributed by atoms with E-state index in [1.807, 2.05) is 6.92 Å². The van der Waals surface area contributed by atoms with Gasteiger partial charge >= 0.3 is 150 Å². The van der Waals surface area contributed by atoms with Gasteiger partial charge in [-0.15, -0.1) is 0 Å². The third-order valence-electron chi connectivity index (χ3n) is 4.08. The molecule has 2 aromatic heterocycles. The van der Waals surface area contributed by atoms with E-state index in [4.69, 9.17) is 21.9 Å². The van der Waals surface area contributed by atoms with Crippen molar-refractivity contribution in [1.29, 1.82) is 0 Å². The fourth-order valence-corrected chi connectivity index (χ4v) is 5.25. The van der Waals surface area contributed by atoms with Gasteiger partial charge in [0.2, 0.25) is 0 Å². The maximum atomic E-state index is 10.4. The molecule has 0 bridgehead atoms. The van der Waals surface area contributed by atoms with E-state index in [1.54, 1.807) is 0 Å². The molecular weight excluding hydrogens is 393 g/mol. The van der Waals surface area contributed by atoms with Gasteiger partial charge in [0, 0.05) is 0 Å². The van der Waals surface area contributed by atoms with Crippen molar-refractivity contribution in [2.45, 2.75) is 54.6 Å². The molecule has 3 rings (SSSR count). The van der Waals surface area contributed by atoms with Crippen LogP contribution in [0.1, 0.15) is 19.6 Å². The van der Waals surface area contributed by atoms with Crippen LogP contribution in [-0.4, -0.2) is 69.0 Å². The fourth-order valence-electron chi connectivity index (χ4n) is 2.71. The molecular formula is C14H23N7O3Se. The summed E-state index contributed by atoms with van der Waals surface area (Å²) in [5.41, 5.74) is 17.9. The van der Waals surface area contributed by atoms with Crippen LogP contribution in [0.4, 0.5) is 11.8 Å². The summed E-state index contributed by atoms with van der Waals surface area (Å²) in [4.78, 5) is 12.1. The average Bonchev–Trinajstić information content (AvgIpc) is 3.07. The Morgan fingerprint density at radius 3 is 2.80 bits per heavy atom. The molecule has 0 saturated carbocycles. The van der Waals surface area contributed by atoms with Gasteiger partial charge in [-0.2, -0.15) is 0 Å². The summed E-state index contributed by atoms with van der Waals surface area (Å²) in [6.07, 6.45) is -0.916. The van der Waals surface area contributed by atoms with Crippen LogP contribution in [0.25, 0.3) is 11.2 Å². The topological polar surface area (TPSA) is 171 Å². The molecule has 8 N–H and O–H groups in total. The van der Waals surface area contributed by atoms with Crippen molar-refractivity contribution in [2.24, 2.45) is 5.73 Å². The van der Waals surface area contributed by atoms with Crippen molar-refractivity contribution >= 4 is 37.9 Å². The predicted octanol–water partition coefficient (Wildman–Crippen LogP) is -1.11. The first-order valence-corrected chi connectivity index (χ1v) is 10.4. The number of hydrogen-bond acceptors (Lipinski definition) is 9. The van der Waals surface area contributed by atoms with Crippen LogP contribution in [0.2, 0.25) is 10.6 Å². The summed E-state index contributed by atoms with van der Waals surface area (Å²) in [6.45, 7) is 1.97. The van der Waals surface area contributed by atoms with E-state index in [-0.39, 0.29) is 32.8 Å². The third-order valence-corrected chi connectivity index (χ3v) is 6.36. The summed E-state index contributed by atoms with van der Waals surface area (Å²) >= 11 is 0.280. The zero-order valence-corrected chi connectivity index (χ0v) is 15.5.